The molecule has 0 aliphatic heterocycles. The number of hydrogen-bond acceptors (Lipinski definition) is 0. The summed E-state index contributed by atoms with van der Waals surface area (Å²) in [5.74, 6) is 0. The Labute approximate surface area is 89.7 Å². The van der Waals surface area contributed by atoms with E-state index in [0.717, 1.165) is 0 Å². The summed E-state index contributed by atoms with van der Waals surface area (Å²) < 4.78 is 0. The molecule has 0 heterocycles. The summed E-state index contributed by atoms with van der Waals surface area (Å²) in [4.78, 5) is 0. The Bertz CT molecular complexity index is 209. The van der Waals surface area contributed by atoms with Crippen LogP contribution in [0.4, 0.5) is 0 Å². The first-order valence-electron chi connectivity index (χ1n) is 3.18. The van der Waals surface area contributed by atoms with Crippen LogP contribution in [0.1, 0.15) is 5.56 Å². The van der Waals surface area contributed by atoms with E-state index in [1.807, 2.05) is 36.4 Å². The molecule has 0 N–H and O–H groups in total. The van der Waals surface area contributed by atoms with Crippen LogP contribution in [0.3, 0.4) is 0 Å². The molecule has 0 fully saturated rings. The van der Waals surface area contributed by atoms with Crippen molar-refractivity contribution in [2.24, 2.45) is 0 Å². The molecular formula is C9H9Cl2Pd-. The van der Waals surface area contributed by atoms with Crippen molar-refractivity contribution >= 4 is 25.1 Å². The average Bonchev–Trinajstić information content (AvgIpc) is 2.08. The molecule has 0 saturated heterocycles. The van der Waals surface area contributed by atoms with Gasteiger partial charge in [-0.25, -0.2) is 19.1 Å². The fourth-order valence-corrected chi connectivity index (χ4v) is 0.700. The van der Waals surface area contributed by atoms with Crippen molar-refractivity contribution in [3.05, 3.63) is 48.9 Å². The van der Waals surface area contributed by atoms with Crippen molar-refractivity contribution in [1.82, 2.24) is 0 Å². The van der Waals surface area contributed by atoms with Crippen LogP contribution >= 0.6 is 19.1 Å². The molecular weight excluding hydrogens is 285 g/mol. The first kappa shape index (κ1) is 12.1. The molecule has 1 aromatic rings. The van der Waals surface area contributed by atoms with Gasteiger partial charge in [0.15, 0.2) is 0 Å². The summed E-state index contributed by atoms with van der Waals surface area (Å²) in [6.07, 6.45) is 3.76. The van der Waals surface area contributed by atoms with Crippen LogP contribution in [-0.4, -0.2) is 0 Å². The van der Waals surface area contributed by atoms with E-state index >= 15 is 0 Å². The standard InChI is InChI=1S/C9H9.2ClH.Pd/c1-2-6-9-7-4-3-5-8-9;;;/h2-8H,1H2;2*1H;/q-1;;;+2/p-2. The normalized spacial score (nSPS) is 9.50. The third-order valence-electron chi connectivity index (χ3n) is 1.11. The maximum atomic E-state index is 4.81. The van der Waals surface area contributed by atoms with Crippen molar-refractivity contribution in [3.63, 3.8) is 0 Å². The van der Waals surface area contributed by atoms with Gasteiger partial charge in [-0.1, -0.05) is 30.3 Å². The van der Waals surface area contributed by atoms with E-state index in [1.54, 1.807) is 6.08 Å². The van der Waals surface area contributed by atoms with E-state index in [-0.39, 0.29) is 15.9 Å². The summed E-state index contributed by atoms with van der Waals surface area (Å²) >= 11 is -0.106. The zero-order chi connectivity index (χ0) is 9.23. The Morgan fingerprint density at radius 2 is 1.67 bits per heavy atom. The Morgan fingerprint density at radius 1 is 1.17 bits per heavy atom. The molecule has 1 aromatic carbocycles. The van der Waals surface area contributed by atoms with E-state index in [1.165, 1.54) is 5.56 Å². The fourth-order valence-electron chi connectivity index (χ4n) is 0.700. The minimum absolute atomic E-state index is 0.106. The molecule has 0 atom stereocenters. The van der Waals surface area contributed by atoms with E-state index in [4.69, 9.17) is 19.1 Å². The third kappa shape index (κ3) is 6.76. The van der Waals surface area contributed by atoms with Crippen LogP contribution in [0.25, 0.3) is 6.08 Å². The van der Waals surface area contributed by atoms with Gasteiger partial charge in [-0.2, -0.15) is 0 Å². The van der Waals surface area contributed by atoms with Crippen LogP contribution < -0.4 is 0 Å². The van der Waals surface area contributed by atoms with Crippen LogP contribution in [0, 0.1) is 6.92 Å². The second kappa shape index (κ2) is 9.16. The van der Waals surface area contributed by atoms with Crippen LogP contribution in [0.2, 0.25) is 0 Å². The minimum atomic E-state index is -0.106. The van der Waals surface area contributed by atoms with Crippen molar-refractivity contribution in [2.75, 3.05) is 0 Å². The number of allylic oxidation sites excluding steroid dienone is 1. The molecule has 0 aliphatic carbocycles. The second-order valence-corrected chi connectivity index (χ2v) is 4.22. The average molecular weight is 294 g/mol. The molecule has 0 radical (unpaired) electrons. The molecule has 12 heavy (non-hydrogen) atoms. The SMILES string of the molecule is [CH2-]C=Cc1ccccc1.[Cl][Pd][Cl]. The summed E-state index contributed by atoms with van der Waals surface area (Å²) in [5, 5.41) is 0. The summed E-state index contributed by atoms with van der Waals surface area (Å²) in [6, 6.07) is 10.1. The summed E-state index contributed by atoms with van der Waals surface area (Å²) in [6.45, 7) is 3.60. The summed E-state index contributed by atoms with van der Waals surface area (Å²) in [5.41, 5.74) is 1.20. The number of rotatable bonds is 1. The first-order valence-corrected chi connectivity index (χ1v) is 7.18. The number of hydrogen-bond donors (Lipinski definition) is 0. The maximum absolute atomic E-state index is 4.81. The van der Waals surface area contributed by atoms with Crippen molar-refractivity contribution in [2.45, 2.75) is 0 Å². The van der Waals surface area contributed by atoms with Crippen molar-refractivity contribution < 1.29 is 15.9 Å². The molecule has 0 aromatic heterocycles. The van der Waals surface area contributed by atoms with E-state index in [2.05, 4.69) is 6.92 Å². The molecule has 1 rings (SSSR count). The quantitative estimate of drug-likeness (QED) is 0.544. The first-order chi connectivity index (χ1) is 5.85. The van der Waals surface area contributed by atoms with Crippen LogP contribution in [0.5, 0.6) is 0 Å². The Morgan fingerprint density at radius 3 is 2.08 bits per heavy atom. The summed E-state index contributed by atoms with van der Waals surface area (Å²) in [7, 11) is 9.63. The molecule has 0 bridgehead atoms. The second-order valence-electron chi connectivity index (χ2n) is 1.86. The van der Waals surface area contributed by atoms with Gasteiger partial charge in [0.1, 0.15) is 0 Å². The molecule has 0 saturated carbocycles. The molecule has 70 valence electrons. The molecule has 0 unspecified atom stereocenters. The van der Waals surface area contributed by atoms with Gasteiger partial charge in [0, 0.05) is 0 Å². The van der Waals surface area contributed by atoms with Gasteiger partial charge in [0.05, 0.1) is 0 Å². The van der Waals surface area contributed by atoms with Gasteiger partial charge in [-0.05, 0) is 0 Å². The van der Waals surface area contributed by atoms with E-state index in [0.29, 0.717) is 0 Å². The van der Waals surface area contributed by atoms with Gasteiger partial charge >= 0.3 is 35.0 Å². The van der Waals surface area contributed by atoms with Crippen LogP contribution in [0.15, 0.2) is 36.4 Å². The molecule has 0 spiro atoms. The predicted molar refractivity (Wildman–Crippen MR) is 52.5 cm³/mol. The Hall–Kier alpha value is 0.0723. The topological polar surface area (TPSA) is 0 Å². The Balaban J connectivity index is 0.000000354. The van der Waals surface area contributed by atoms with Crippen LogP contribution in [-0.2, 0) is 15.9 Å². The zero-order valence-corrected chi connectivity index (χ0v) is 9.39. The van der Waals surface area contributed by atoms with Gasteiger partial charge in [0.2, 0.25) is 0 Å². The van der Waals surface area contributed by atoms with Gasteiger partial charge in [-0.3, -0.25) is 0 Å². The van der Waals surface area contributed by atoms with E-state index in [9.17, 15) is 0 Å². The number of halogens is 2. The van der Waals surface area contributed by atoms with Gasteiger partial charge in [0.25, 0.3) is 0 Å². The van der Waals surface area contributed by atoms with E-state index < -0.39 is 0 Å². The van der Waals surface area contributed by atoms with Gasteiger partial charge in [-0.15, -0.1) is 5.56 Å². The zero-order valence-electron chi connectivity index (χ0n) is 6.32. The molecule has 3 heteroatoms. The van der Waals surface area contributed by atoms with Gasteiger partial charge < -0.3 is 0 Å². The fraction of sp³-hybridized carbons (Fsp3) is 0. The molecule has 0 amide bonds. The molecule has 0 nitrogen and oxygen atoms in total. The molecule has 0 aliphatic rings. The third-order valence-corrected chi connectivity index (χ3v) is 1.11. The van der Waals surface area contributed by atoms with Crippen molar-refractivity contribution in [3.8, 4) is 0 Å². The number of benzene rings is 1. The Kier molecular flexibility index (Phi) is 9.22. The monoisotopic (exact) mass is 293 g/mol. The predicted octanol–water partition coefficient (Wildman–Crippen LogP) is 3.91. The van der Waals surface area contributed by atoms with Crippen molar-refractivity contribution in [1.29, 1.82) is 0 Å².